The lowest BCUT2D eigenvalue weighted by atomic mass is 10.1. The van der Waals surface area contributed by atoms with E-state index in [2.05, 4.69) is 0 Å². The van der Waals surface area contributed by atoms with Gasteiger partial charge < -0.3 is 14.2 Å². The van der Waals surface area contributed by atoms with Crippen LogP contribution in [0.15, 0.2) is 45.7 Å². The number of hydrogen-bond acceptors (Lipinski definition) is 5. The molecule has 0 unspecified atom stereocenters. The number of morpholine rings is 1. The Balaban J connectivity index is 1.83. The van der Waals surface area contributed by atoms with Crippen molar-refractivity contribution in [3.05, 3.63) is 63.7 Å². The Bertz CT molecular complexity index is 1060. The highest BCUT2D eigenvalue weighted by Crippen LogP contribution is 2.32. The lowest BCUT2D eigenvalue weighted by Crippen LogP contribution is -2.46. The predicted octanol–water partition coefficient (Wildman–Crippen LogP) is 3.21. The number of ether oxygens (including phenoxy) is 1. The number of nitrogens with zero attached hydrogens (tertiary/aromatic N) is 2. The maximum absolute atomic E-state index is 15.4. The molecule has 1 aliphatic heterocycles. The van der Waals surface area contributed by atoms with Crippen LogP contribution in [0.4, 0.5) is 10.1 Å². The second kappa shape index (κ2) is 7.24. The fourth-order valence-electron chi connectivity index (χ4n) is 3.80. The van der Waals surface area contributed by atoms with Gasteiger partial charge in [0.15, 0.2) is 12.1 Å². The summed E-state index contributed by atoms with van der Waals surface area (Å²) in [5.74, 6) is -0.690. The fourth-order valence-corrected chi connectivity index (χ4v) is 3.80. The number of rotatable bonds is 4. The van der Waals surface area contributed by atoms with Crippen LogP contribution in [0.3, 0.4) is 0 Å². The van der Waals surface area contributed by atoms with Crippen LogP contribution in [0.5, 0.6) is 0 Å². The highest BCUT2D eigenvalue weighted by atomic mass is 19.1. The summed E-state index contributed by atoms with van der Waals surface area (Å²) in [7, 11) is 0. The highest BCUT2D eigenvalue weighted by Gasteiger charge is 2.29. The number of fused-ring (bicyclic) bond motifs is 1. The SMILES string of the molecule is C[C@@H]1CN(c2c(C=O)cc3c(=O)n(Cc4ccccc4)oc3c2F)C[C@H](C)O1. The molecule has 6 nitrogen and oxygen atoms in total. The summed E-state index contributed by atoms with van der Waals surface area (Å²) < 4.78 is 27.8. The summed E-state index contributed by atoms with van der Waals surface area (Å²) in [5.41, 5.74) is 0.557. The Morgan fingerprint density at radius 2 is 1.86 bits per heavy atom. The first-order valence-electron chi connectivity index (χ1n) is 9.23. The molecule has 2 aromatic carbocycles. The quantitative estimate of drug-likeness (QED) is 0.647. The normalized spacial score (nSPS) is 19.9. The minimum absolute atomic E-state index is 0.0636. The van der Waals surface area contributed by atoms with Crippen LogP contribution in [0, 0.1) is 5.82 Å². The van der Waals surface area contributed by atoms with Crippen molar-refractivity contribution in [2.24, 2.45) is 0 Å². The van der Waals surface area contributed by atoms with E-state index in [9.17, 15) is 9.59 Å². The first-order valence-corrected chi connectivity index (χ1v) is 9.23. The zero-order valence-corrected chi connectivity index (χ0v) is 15.7. The van der Waals surface area contributed by atoms with Crippen molar-refractivity contribution in [3.63, 3.8) is 0 Å². The van der Waals surface area contributed by atoms with Gasteiger partial charge in [-0.05, 0) is 25.5 Å². The van der Waals surface area contributed by atoms with Gasteiger partial charge in [0.2, 0.25) is 5.58 Å². The van der Waals surface area contributed by atoms with Gasteiger partial charge in [-0.15, -0.1) is 0 Å². The molecule has 0 saturated carbocycles. The number of carbonyl (C=O) groups is 1. The van der Waals surface area contributed by atoms with Crippen LogP contribution in [-0.4, -0.2) is 36.3 Å². The monoisotopic (exact) mass is 384 g/mol. The Kier molecular flexibility index (Phi) is 4.77. The molecule has 1 aliphatic rings. The largest absolute Gasteiger partial charge is 0.372 e. The standard InChI is InChI=1S/C21H21FN2O4/c1-13-9-23(10-14(2)27-13)19-16(12-25)8-17-20(18(19)22)28-24(21(17)26)11-15-6-4-3-5-7-15/h3-8,12-14H,9-11H2,1-2H3/t13-,14+. The van der Waals surface area contributed by atoms with Crippen LogP contribution in [0.2, 0.25) is 0 Å². The van der Waals surface area contributed by atoms with Gasteiger partial charge in [0, 0.05) is 18.7 Å². The molecule has 0 spiro atoms. The molecule has 0 radical (unpaired) electrons. The van der Waals surface area contributed by atoms with Crippen LogP contribution in [0.25, 0.3) is 11.0 Å². The molecular formula is C21H21FN2O4. The molecule has 0 bridgehead atoms. The number of hydrogen-bond donors (Lipinski definition) is 0. The van der Waals surface area contributed by atoms with Gasteiger partial charge in [0.1, 0.15) is 0 Å². The first-order chi connectivity index (χ1) is 13.5. The van der Waals surface area contributed by atoms with Gasteiger partial charge in [-0.2, -0.15) is 4.74 Å². The van der Waals surface area contributed by atoms with E-state index in [-0.39, 0.29) is 41.0 Å². The third kappa shape index (κ3) is 3.22. The van der Waals surface area contributed by atoms with Crippen molar-refractivity contribution in [2.75, 3.05) is 18.0 Å². The summed E-state index contributed by atoms with van der Waals surface area (Å²) in [6.45, 7) is 4.88. The molecule has 4 rings (SSSR count). The van der Waals surface area contributed by atoms with Crippen molar-refractivity contribution in [2.45, 2.75) is 32.6 Å². The van der Waals surface area contributed by atoms with E-state index >= 15 is 4.39 Å². The third-order valence-electron chi connectivity index (χ3n) is 4.92. The number of benzene rings is 2. The van der Waals surface area contributed by atoms with E-state index in [1.54, 1.807) is 4.90 Å². The van der Waals surface area contributed by atoms with Crippen LogP contribution >= 0.6 is 0 Å². The second-order valence-corrected chi connectivity index (χ2v) is 7.20. The Morgan fingerprint density at radius 3 is 2.50 bits per heavy atom. The van der Waals surface area contributed by atoms with Gasteiger partial charge >= 0.3 is 0 Å². The number of aldehydes is 1. The minimum atomic E-state index is -0.690. The molecular weight excluding hydrogens is 363 g/mol. The van der Waals surface area contributed by atoms with E-state index < -0.39 is 11.4 Å². The summed E-state index contributed by atoms with van der Waals surface area (Å²) >= 11 is 0. The molecule has 28 heavy (non-hydrogen) atoms. The molecule has 0 amide bonds. The number of carbonyl (C=O) groups excluding carboxylic acids is 1. The van der Waals surface area contributed by atoms with Gasteiger partial charge in [-0.3, -0.25) is 9.59 Å². The van der Waals surface area contributed by atoms with E-state index in [1.165, 1.54) is 6.07 Å². The molecule has 1 fully saturated rings. The Hall–Kier alpha value is -2.93. The van der Waals surface area contributed by atoms with Gasteiger partial charge in [-0.1, -0.05) is 30.3 Å². The number of anilines is 1. The average molecular weight is 384 g/mol. The maximum Gasteiger partial charge on any atom is 0.290 e. The lowest BCUT2D eigenvalue weighted by Gasteiger charge is -2.37. The molecule has 2 atom stereocenters. The van der Waals surface area contributed by atoms with Gasteiger partial charge in [0.05, 0.1) is 29.8 Å². The average Bonchev–Trinajstić information content (AvgIpc) is 2.98. The molecule has 7 heteroatoms. The van der Waals surface area contributed by atoms with E-state index in [0.717, 1.165) is 10.3 Å². The summed E-state index contributed by atoms with van der Waals surface area (Å²) in [6, 6.07) is 10.7. The zero-order valence-electron chi connectivity index (χ0n) is 15.7. The topological polar surface area (TPSA) is 64.7 Å². The van der Waals surface area contributed by atoms with Crippen molar-refractivity contribution < 1.29 is 18.4 Å². The smallest absolute Gasteiger partial charge is 0.290 e. The third-order valence-corrected chi connectivity index (χ3v) is 4.92. The zero-order chi connectivity index (χ0) is 19.8. The van der Waals surface area contributed by atoms with Crippen molar-refractivity contribution >= 4 is 22.9 Å². The van der Waals surface area contributed by atoms with E-state index in [0.29, 0.717) is 19.4 Å². The lowest BCUT2D eigenvalue weighted by molar-refractivity contribution is -0.00543. The molecule has 1 saturated heterocycles. The summed E-state index contributed by atoms with van der Waals surface area (Å²) in [5, 5.41) is 0.0636. The minimum Gasteiger partial charge on any atom is -0.372 e. The Morgan fingerprint density at radius 1 is 1.18 bits per heavy atom. The molecule has 0 N–H and O–H groups in total. The number of aromatic nitrogens is 1. The second-order valence-electron chi connectivity index (χ2n) is 7.20. The predicted molar refractivity (Wildman–Crippen MR) is 104 cm³/mol. The summed E-state index contributed by atoms with van der Waals surface area (Å²) in [4.78, 5) is 26.2. The fraction of sp³-hybridized carbons (Fsp3) is 0.333. The Labute approximate surface area is 161 Å². The van der Waals surface area contributed by atoms with Gasteiger partial charge in [0.25, 0.3) is 5.56 Å². The maximum atomic E-state index is 15.4. The molecule has 146 valence electrons. The van der Waals surface area contributed by atoms with E-state index in [4.69, 9.17) is 9.26 Å². The molecule has 2 heterocycles. The van der Waals surface area contributed by atoms with Crippen molar-refractivity contribution in [1.82, 2.24) is 4.74 Å². The molecule has 1 aromatic heterocycles. The van der Waals surface area contributed by atoms with E-state index in [1.807, 2.05) is 44.2 Å². The molecule has 3 aromatic rings. The van der Waals surface area contributed by atoms with Crippen LogP contribution in [-0.2, 0) is 11.3 Å². The first kappa shape index (κ1) is 18.4. The van der Waals surface area contributed by atoms with Crippen LogP contribution in [0.1, 0.15) is 29.8 Å². The molecule has 0 aliphatic carbocycles. The van der Waals surface area contributed by atoms with Crippen molar-refractivity contribution in [3.8, 4) is 0 Å². The van der Waals surface area contributed by atoms with Crippen LogP contribution < -0.4 is 10.5 Å². The highest BCUT2D eigenvalue weighted by molar-refractivity contribution is 5.94. The van der Waals surface area contributed by atoms with Gasteiger partial charge in [-0.25, -0.2) is 4.39 Å². The van der Waals surface area contributed by atoms with Crippen molar-refractivity contribution in [1.29, 1.82) is 0 Å². The summed E-state index contributed by atoms with van der Waals surface area (Å²) in [6.07, 6.45) is 0.373. The number of halogens is 1.